The van der Waals surface area contributed by atoms with Gasteiger partial charge in [-0.1, -0.05) is 30.7 Å². The number of nitrogens with zero attached hydrogens (tertiary/aromatic N) is 2. The first-order chi connectivity index (χ1) is 11.7. The molecule has 8 heteroatoms. The largest absolute Gasteiger partial charge is 0.508 e. The molecule has 0 saturated carbocycles. The zero-order valence-electron chi connectivity index (χ0n) is 13.0. The summed E-state index contributed by atoms with van der Waals surface area (Å²) in [5, 5.41) is 24.1. The summed E-state index contributed by atoms with van der Waals surface area (Å²) in [4.78, 5) is 0. The number of halogens is 4. The maximum absolute atomic E-state index is 14.0. The number of aliphatic hydroxyl groups is 1. The Kier molecular flexibility index (Phi) is 4.17. The van der Waals surface area contributed by atoms with Crippen LogP contribution in [0.3, 0.4) is 0 Å². The summed E-state index contributed by atoms with van der Waals surface area (Å²) in [6.07, 6.45) is -2.48. The Hall–Kier alpha value is -2.25. The van der Waals surface area contributed by atoms with E-state index in [-0.39, 0.29) is 27.4 Å². The summed E-state index contributed by atoms with van der Waals surface area (Å²) < 4.78 is 43.2. The van der Waals surface area contributed by atoms with E-state index in [9.17, 15) is 23.4 Å². The van der Waals surface area contributed by atoms with Crippen LogP contribution in [0.25, 0.3) is 5.52 Å². The number of benzene rings is 1. The molecule has 0 spiro atoms. The number of rotatable bonds is 3. The number of phenols is 1. The molecule has 0 bridgehead atoms. The monoisotopic (exact) mass is 370 g/mol. The van der Waals surface area contributed by atoms with Crippen molar-refractivity contribution < 1.29 is 23.4 Å². The molecule has 132 valence electrons. The molecule has 3 rings (SSSR count). The molecule has 0 saturated heterocycles. The third-order valence-electron chi connectivity index (χ3n) is 4.35. The molecule has 2 N–H and O–H groups in total. The Morgan fingerprint density at radius 3 is 2.56 bits per heavy atom. The highest BCUT2D eigenvalue weighted by molar-refractivity contribution is 6.31. The van der Waals surface area contributed by atoms with E-state index < -0.39 is 17.7 Å². The van der Waals surface area contributed by atoms with Crippen LogP contribution >= 0.6 is 11.6 Å². The third-order valence-corrected chi connectivity index (χ3v) is 4.67. The van der Waals surface area contributed by atoms with Crippen molar-refractivity contribution in [3.05, 3.63) is 64.9 Å². The second kappa shape index (κ2) is 5.93. The number of phenolic OH excluding ortho intramolecular Hbond substituents is 1. The minimum absolute atomic E-state index is 0.0633. The van der Waals surface area contributed by atoms with Crippen LogP contribution < -0.4 is 0 Å². The third kappa shape index (κ3) is 2.73. The van der Waals surface area contributed by atoms with Gasteiger partial charge in [0.1, 0.15) is 5.75 Å². The van der Waals surface area contributed by atoms with Gasteiger partial charge < -0.3 is 10.2 Å². The van der Waals surface area contributed by atoms with Crippen LogP contribution in [-0.2, 0) is 5.60 Å². The number of hydrogen-bond acceptors (Lipinski definition) is 3. The number of fused-ring (bicyclic) bond motifs is 1. The van der Waals surface area contributed by atoms with Crippen LogP contribution in [0.4, 0.5) is 13.2 Å². The number of hydrogen-bond donors (Lipinski definition) is 2. The van der Waals surface area contributed by atoms with Gasteiger partial charge in [0.15, 0.2) is 5.60 Å². The predicted molar refractivity (Wildman–Crippen MR) is 86.7 cm³/mol. The molecule has 25 heavy (non-hydrogen) atoms. The van der Waals surface area contributed by atoms with Gasteiger partial charge in [0.05, 0.1) is 11.7 Å². The lowest BCUT2D eigenvalue weighted by atomic mass is 9.78. The lowest BCUT2D eigenvalue weighted by molar-refractivity contribution is -0.274. The minimum Gasteiger partial charge on any atom is -0.508 e. The molecule has 2 atom stereocenters. The van der Waals surface area contributed by atoms with E-state index in [1.54, 1.807) is 12.1 Å². The van der Waals surface area contributed by atoms with Gasteiger partial charge in [-0.25, -0.2) is 4.52 Å². The smallest absolute Gasteiger partial charge is 0.422 e. The van der Waals surface area contributed by atoms with Crippen LogP contribution in [0.5, 0.6) is 5.75 Å². The fourth-order valence-electron chi connectivity index (χ4n) is 2.95. The predicted octanol–water partition coefficient (Wildman–Crippen LogP) is 4.25. The first kappa shape index (κ1) is 17.6. The number of aromatic hydroxyl groups is 1. The fourth-order valence-corrected chi connectivity index (χ4v) is 3.29. The van der Waals surface area contributed by atoms with Gasteiger partial charge in [-0.2, -0.15) is 18.3 Å². The average Bonchev–Trinajstić information content (AvgIpc) is 2.96. The molecule has 3 aromatic rings. The van der Waals surface area contributed by atoms with Crippen molar-refractivity contribution in [2.45, 2.75) is 24.6 Å². The second-order valence-electron chi connectivity index (χ2n) is 5.78. The summed E-state index contributed by atoms with van der Waals surface area (Å²) in [5.74, 6) is -1.61. The van der Waals surface area contributed by atoms with Gasteiger partial charge in [0, 0.05) is 22.7 Å². The van der Waals surface area contributed by atoms with Crippen molar-refractivity contribution in [2.24, 2.45) is 0 Å². The van der Waals surface area contributed by atoms with Gasteiger partial charge >= 0.3 is 6.18 Å². The lowest BCUT2D eigenvalue weighted by Crippen LogP contribution is -2.46. The molecule has 1 aromatic carbocycles. The first-order valence-electron chi connectivity index (χ1n) is 7.36. The van der Waals surface area contributed by atoms with E-state index in [0.717, 1.165) is 12.3 Å². The Bertz CT molecular complexity index is 926. The van der Waals surface area contributed by atoms with Gasteiger partial charge in [-0.15, -0.1) is 0 Å². The highest BCUT2D eigenvalue weighted by Crippen LogP contribution is 2.50. The summed E-state index contributed by atoms with van der Waals surface area (Å²) in [6, 6.07) is 8.27. The number of aromatic nitrogens is 2. The van der Waals surface area contributed by atoms with Crippen molar-refractivity contribution >= 4 is 17.1 Å². The molecule has 0 aliphatic rings. The molecule has 2 aromatic heterocycles. The quantitative estimate of drug-likeness (QED) is 0.724. The van der Waals surface area contributed by atoms with E-state index >= 15 is 0 Å². The molecule has 4 nitrogen and oxygen atoms in total. The van der Waals surface area contributed by atoms with Crippen LogP contribution in [0.1, 0.15) is 24.0 Å². The Balaban J connectivity index is 2.23. The van der Waals surface area contributed by atoms with Crippen LogP contribution in [0, 0.1) is 0 Å². The Morgan fingerprint density at radius 2 is 1.92 bits per heavy atom. The highest BCUT2D eigenvalue weighted by atomic mass is 35.5. The molecule has 0 radical (unpaired) electrons. The normalized spacial score (nSPS) is 15.9. The average molecular weight is 371 g/mol. The van der Waals surface area contributed by atoms with Gasteiger partial charge in [0.2, 0.25) is 0 Å². The van der Waals surface area contributed by atoms with Crippen molar-refractivity contribution in [3.63, 3.8) is 0 Å². The van der Waals surface area contributed by atoms with Crippen LogP contribution in [0.2, 0.25) is 5.02 Å². The van der Waals surface area contributed by atoms with Crippen molar-refractivity contribution in [1.29, 1.82) is 0 Å². The van der Waals surface area contributed by atoms with E-state index in [4.69, 9.17) is 11.6 Å². The molecular formula is C17H14ClF3N2O2. The standard InChI is InChI=1S/C17H14ClF3N2O2/c1-10(12-6-5-11(24)8-14(12)18)16(25,17(19,20)21)13-9-22-23-7-3-2-4-15(13)23/h2-10,24-25H,1H3. The number of pyridine rings is 1. The highest BCUT2D eigenvalue weighted by Gasteiger charge is 2.60. The fraction of sp³-hybridized carbons (Fsp3) is 0.235. The summed E-state index contributed by atoms with van der Waals surface area (Å²) in [6.45, 7) is 1.23. The topological polar surface area (TPSA) is 57.8 Å². The summed E-state index contributed by atoms with van der Waals surface area (Å²) >= 11 is 6.00. The molecule has 0 fully saturated rings. The summed E-state index contributed by atoms with van der Waals surface area (Å²) in [7, 11) is 0. The Labute approximate surface area is 146 Å². The van der Waals surface area contributed by atoms with Gasteiger partial charge in [0.25, 0.3) is 0 Å². The van der Waals surface area contributed by atoms with E-state index in [1.807, 2.05) is 0 Å². The van der Waals surface area contributed by atoms with E-state index in [0.29, 0.717) is 0 Å². The molecule has 2 unspecified atom stereocenters. The first-order valence-corrected chi connectivity index (χ1v) is 7.74. The molecule has 0 amide bonds. The maximum Gasteiger partial charge on any atom is 0.422 e. The Morgan fingerprint density at radius 1 is 1.20 bits per heavy atom. The number of alkyl halides is 3. The zero-order chi connectivity index (χ0) is 18.4. The maximum atomic E-state index is 14.0. The van der Waals surface area contributed by atoms with Crippen molar-refractivity contribution in [2.75, 3.05) is 0 Å². The van der Waals surface area contributed by atoms with E-state index in [2.05, 4.69) is 5.10 Å². The van der Waals surface area contributed by atoms with Crippen molar-refractivity contribution in [1.82, 2.24) is 9.61 Å². The summed E-state index contributed by atoms with van der Waals surface area (Å²) in [5.41, 5.74) is -3.37. The van der Waals surface area contributed by atoms with E-state index in [1.165, 1.54) is 35.8 Å². The lowest BCUT2D eigenvalue weighted by Gasteiger charge is -2.36. The second-order valence-corrected chi connectivity index (χ2v) is 6.19. The molecule has 0 aliphatic heterocycles. The minimum atomic E-state index is -4.98. The SMILES string of the molecule is CC(c1ccc(O)cc1Cl)C(O)(c1cnn2ccccc12)C(F)(F)F. The molecule has 0 aliphatic carbocycles. The molecular weight excluding hydrogens is 357 g/mol. The van der Waals surface area contributed by atoms with Crippen LogP contribution in [0.15, 0.2) is 48.8 Å². The van der Waals surface area contributed by atoms with Gasteiger partial charge in [-0.05, 0) is 29.8 Å². The zero-order valence-corrected chi connectivity index (χ0v) is 13.8. The molecule has 2 heterocycles. The van der Waals surface area contributed by atoms with Crippen LogP contribution in [-0.4, -0.2) is 26.0 Å². The van der Waals surface area contributed by atoms with Crippen molar-refractivity contribution in [3.8, 4) is 5.75 Å². The van der Waals surface area contributed by atoms with Gasteiger partial charge in [-0.3, -0.25) is 0 Å².